The minimum Gasteiger partial charge on any atom is -0.454 e. The van der Waals surface area contributed by atoms with Gasteiger partial charge in [-0.05, 0) is 29.9 Å². The van der Waals surface area contributed by atoms with Gasteiger partial charge in [0.15, 0.2) is 17.3 Å². The van der Waals surface area contributed by atoms with Crippen LogP contribution in [0.2, 0.25) is 0 Å². The number of aromatic amines is 1. The minimum absolute atomic E-state index is 0.275. The molecule has 6 nitrogen and oxygen atoms in total. The monoisotopic (exact) mass is 326 g/mol. The topological polar surface area (TPSA) is 64.1 Å². The fourth-order valence-corrected chi connectivity index (χ4v) is 2.64. The number of ether oxygens (including phenoxy) is 2. The van der Waals surface area contributed by atoms with E-state index in [1.54, 1.807) is 4.68 Å². The van der Waals surface area contributed by atoms with Crippen LogP contribution in [0.1, 0.15) is 5.56 Å². The quantitative estimate of drug-likeness (QED) is 0.721. The Morgan fingerprint density at radius 2 is 1.96 bits per heavy atom. The highest BCUT2D eigenvalue weighted by Crippen LogP contribution is 2.32. The molecule has 0 aliphatic carbocycles. The molecule has 0 saturated heterocycles. The summed E-state index contributed by atoms with van der Waals surface area (Å²) in [7, 11) is 0. The second-order valence-corrected chi connectivity index (χ2v) is 5.46. The smallest absolute Gasteiger partial charge is 0.231 e. The molecule has 1 aromatic heterocycles. The van der Waals surface area contributed by atoms with E-state index in [0.29, 0.717) is 11.3 Å². The third-order valence-corrected chi connectivity index (χ3v) is 3.86. The number of H-pyrrole nitrogens is 1. The highest BCUT2D eigenvalue weighted by molar-refractivity contribution is 7.71. The molecule has 7 heteroatoms. The summed E-state index contributed by atoms with van der Waals surface area (Å²) < 4.78 is 13.0. The van der Waals surface area contributed by atoms with Crippen molar-refractivity contribution < 1.29 is 9.47 Å². The fraction of sp³-hybridized carbons (Fsp3) is 0.125. The van der Waals surface area contributed by atoms with E-state index < -0.39 is 0 Å². The molecule has 2 heterocycles. The van der Waals surface area contributed by atoms with Crippen molar-refractivity contribution in [1.82, 2.24) is 14.9 Å². The maximum Gasteiger partial charge on any atom is 0.231 e. The van der Waals surface area contributed by atoms with Gasteiger partial charge < -0.3 is 14.9 Å². The maximum atomic E-state index is 5.40. The Hall–Kier alpha value is -2.80. The van der Waals surface area contributed by atoms with Crippen molar-refractivity contribution in [2.45, 2.75) is 6.54 Å². The van der Waals surface area contributed by atoms with Gasteiger partial charge in [0.25, 0.3) is 0 Å². The zero-order valence-electron chi connectivity index (χ0n) is 12.2. The van der Waals surface area contributed by atoms with Crippen LogP contribution in [-0.2, 0) is 6.54 Å². The minimum atomic E-state index is 0.275. The summed E-state index contributed by atoms with van der Waals surface area (Å²) in [6.45, 7) is 0.863. The second-order valence-electron chi connectivity index (χ2n) is 5.08. The molecule has 3 aromatic rings. The Morgan fingerprint density at radius 1 is 1.13 bits per heavy atom. The number of nitrogens with one attached hydrogen (secondary N) is 2. The number of fused-ring (bicyclic) bond motifs is 1. The summed E-state index contributed by atoms with van der Waals surface area (Å²) in [5, 5.41) is 7.12. The summed E-state index contributed by atoms with van der Waals surface area (Å²) in [5.74, 6) is 2.29. The molecule has 4 rings (SSSR count). The first-order chi connectivity index (χ1) is 11.3. The first kappa shape index (κ1) is 13.8. The largest absolute Gasteiger partial charge is 0.454 e. The zero-order valence-corrected chi connectivity index (χ0v) is 13.0. The molecule has 116 valence electrons. The molecule has 0 spiro atoms. The van der Waals surface area contributed by atoms with Crippen LogP contribution in [0, 0.1) is 4.77 Å². The third kappa shape index (κ3) is 2.66. The lowest BCUT2D eigenvalue weighted by molar-refractivity contribution is 0.174. The van der Waals surface area contributed by atoms with Gasteiger partial charge in [-0.25, -0.2) is 9.77 Å². The Labute approximate surface area is 137 Å². The first-order valence-electron chi connectivity index (χ1n) is 7.16. The van der Waals surface area contributed by atoms with E-state index in [4.69, 9.17) is 21.7 Å². The fourth-order valence-electron chi connectivity index (χ4n) is 2.45. The predicted octanol–water partition coefficient (Wildman–Crippen LogP) is 3.08. The van der Waals surface area contributed by atoms with E-state index in [-0.39, 0.29) is 6.79 Å². The number of rotatable bonds is 4. The van der Waals surface area contributed by atoms with Crippen LogP contribution in [0.3, 0.4) is 0 Å². The van der Waals surface area contributed by atoms with E-state index in [1.165, 1.54) is 0 Å². The Kier molecular flexibility index (Phi) is 3.47. The Morgan fingerprint density at radius 3 is 2.83 bits per heavy atom. The number of aromatic nitrogens is 3. The maximum absolute atomic E-state index is 5.40. The molecule has 0 unspecified atom stereocenters. The summed E-state index contributed by atoms with van der Waals surface area (Å²) >= 11 is 5.31. The van der Waals surface area contributed by atoms with Gasteiger partial charge in [0.05, 0.1) is 6.54 Å². The van der Waals surface area contributed by atoms with Gasteiger partial charge in [0.2, 0.25) is 11.6 Å². The van der Waals surface area contributed by atoms with Gasteiger partial charge in [-0.15, -0.1) is 0 Å². The molecule has 0 fully saturated rings. The molecule has 0 amide bonds. The average Bonchev–Trinajstić information content (AvgIpc) is 3.19. The molecule has 0 atom stereocenters. The predicted molar refractivity (Wildman–Crippen MR) is 88.5 cm³/mol. The van der Waals surface area contributed by atoms with Crippen LogP contribution < -0.4 is 14.9 Å². The highest BCUT2D eigenvalue weighted by Gasteiger charge is 2.13. The normalized spacial score (nSPS) is 12.3. The molecular weight excluding hydrogens is 312 g/mol. The number of nitrogens with zero attached hydrogens (tertiary/aromatic N) is 2. The van der Waals surface area contributed by atoms with E-state index in [0.717, 1.165) is 28.5 Å². The molecule has 1 aliphatic rings. The number of benzene rings is 2. The van der Waals surface area contributed by atoms with Gasteiger partial charge in [-0.1, -0.05) is 36.4 Å². The van der Waals surface area contributed by atoms with Crippen molar-refractivity contribution in [2.24, 2.45) is 0 Å². The first-order valence-corrected chi connectivity index (χ1v) is 7.57. The van der Waals surface area contributed by atoms with Crippen molar-refractivity contribution in [1.29, 1.82) is 0 Å². The number of hydrogen-bond acceptors (Lipinski definition) is 5. The van der Waals surface area contributed by atoms with Crippen LogP contribution in [0.15, 0.2) is 48.5 Å². The second kappa shape index (κ2) is 5.77. The van der Waals surface area contributed by atoms with Gasteiger partial charge >= 0.3 is 0 Å². The molecule has 0 saturated carbocycles. The molecule has 2 aromatic carbocycles. The van der Waals surface area contributed by atoms with Gasteiger partial charge in [0.1, 0.15) is 0 Å². The van der Waals surface area contributed by atoms with Crippen molar-refractivity contribution in [3.05, 3.63) is 58.9 Å². The van der Waals surface area contributed by atoms with Crippen molar-refractivity contribution in [2.75, 3.05) is 12.2 Å². The SMILES string of the molecule is S=c1[nH]nc(-c2ccccc2)n1NCc1ccc2c(c1)OCO2. The Balaban J connectivity index is 1.58. The van der Waals surface area contributed by atoms with Gasteiger partial charge in [-0.3, -0.25) is 0 Å². The van der Waals surface area contributed by atoms with Crippen LogP contribution >= 0.6 is 12.2 Å². The standard InChI is InChI=1S/C16H14N4O2S/c23-16-19-18-15(12-4-2-1-3-5-12)20(16)17-9-11-6-7-13-14(8-11)22-10-21-13/h1-8,17H,9-10H2,(H,19,23). The molecular formula is C16H14N4O2S. The molecule has 23 heavy (non-hydrogen) atoms. The van der Waals surface area contributed by atoms with E-state index in [9.17, 15) is 0 Å². The van der Waals surface area contributed by atoms with Crippen LogP contribution in [0.25, 0.3) is 11.4 Å². The highest BCUT2D eigenvalue weighted by atomic mass is 32.1. The lowest BCUT2D eigenvalue weighted by Crippen LogP contribution is -2.15. The van der Waals surface area contributed by atoms with Gasteiger partial charge in [-0.2, -0.15) is 5.10 Å². The molecule has 1 aliphatic heterocycles. The zero-order chi connectivity index (χ0) is 15.6. The van der Waals surface area contributed by atoms with Crippen LogP contribution in [-0.4, -0.2) is 21.7 Å². The van der Waals surface area contributed by atoms with Crippen LogP contribution in [0.4, 0.5) is 0 Å². The van der Waals surface area contributed by atoms with Crippen molar-refractivity contribution in [3.63, 3.8) is 0 Å². The lowest BCUT2D eigenvalue weighted by atomic mass is 10.2. The Bertz CT molecular complexity index is 889. The van der Waals surface area contributed by atoms with E-state index >= 15 is 0 Å². The summed E-state index contributed by atoms with van der Waals surface area (Å²) in [6, 6.07) is 15.7. The van der Waals surface area contributed by atoms with Crippen LogP contribution in [0.5, 0.6) is 11.5 Å². The summed E-state index contributed by atoms with van der Waals surface area (Å²) in [4.78, 5) is 0. The third-order valence-electron chi connectivity index (χ3n) is 3.58. The van der Waals surface area contributed by atoms with E-state index in [2.05, 4.69) is 15.6 Å². The lowest BCUT2D eigenvalue weighted by Gasteiger charge is -2.10. The summed E-state index contributed by atoms with van der Waals surface area (Å²) in [5.41, 5.74) is 5.34. The molecule has 0 radical (unpaired) electrons. The van der Waals surface area contributed by atoms with E-state index in [1.807, 2.05) is 48.5 Å². The average molecular weight is 326 g/mol. The summed E-state index contributed by atoms with van der Waals surface area (Å²) in [6.07, 6.45) is 0. The van der Waals surface area contributed by atoms with Crippen molar-refractivity contribution in [3.8, 4) is 22.9 Å². The van der Waals surface area contributed by atoms with Crippen molar-refractivity contribution >= 4 is 12.2 Å². The molecule has 2 N–H and O–H groups in total. The van der Waals surface area contributed by atoms with Gasteiger partial charge in [0, 0.05) is 5.56 Å². The molecule has 0 bridgehead atoms. The number of hydrogen-bond donors (Lipinski definition) is 2.